The van der Waals surface area contributed by atoms with E-state index in [0.29, 0.717) is 0 Å². The van der Waals surface area contributed by atoms with E-state index in [2.05, 4.69) is 31.1 Å². The maximum absolute atomic E-state index is 4.31. The number of aromatic nitrogens is 4. The molecule has 0 radical (unpaired) electrons. The lowest BCUT2D eigenvalue weighted by molar-refractivity contribution is 0.793. The summed E-state index contributed by atoms with van der Waals surface area (Å²) in [7, 11) is 1.98. The maximum Gasteiger partial charge on any atom is 0.191 e. The van der Waals surface area contributed by atoms with Crippen LogP contribution in [0.5, 0.6) is 0 Å². The second-order valence-electron chi connectivity index (χ2n) is 4.48. The van der Waals surface area contributed by atoms with Gasteiger partial charge in [-0.15, -0.1) is 10.2 Å². The minimum absolute atomic E-state index is 0.785. The van der Waals surface area contributed by atoms with Crippen molar-refractivity contribution < 1.29 is 0 Å². The number of pyridine rings is 1. The Balaban J connectivity index is 1.78. The Labute approximate surface area is 135 Å². The van der Waals surface area contributed by atoms with Gasteiger partial charge in [0, 0.05) is 29.0 Å². The van der Waals surface area contributed by atoms with E-state index in [9.17, 15) is 0 Å². The molecule has 3 rings (SSSR count). The maximum atomic E-state index is 4.31. The van der Waals surface area contributed by atoms with Crippen LogP contribution in [0, 0.1) is 0 Å². The molecule has 0 unspecified atom stereocenters. The highest BCUT2D eigenvalue weighted by Gasteiger charge is 2.11. The van der Waals surface area contributed by atoms with Crippen molar-refractivity contribution in [1.29, 1.82) is 0 Å². The van der Waals surface area contributed by atoms with Gasteiger partial charge in [-0.3, -0.25) is 4.98 Å². The third kappa shape index (κ3) is 3.33. The van der Waals surface area contributed by atoms with Gasteiger partial charge in [-0.1, -0.05) is 45.9 Å². The molecule has 21 heavy (non-hydrogen) atoms. The molecule has 2 aromatic heterocycles. The summed E-state index contributed by atoms with van der Waals surface area (Å²) in [6, 6.07) is 14.0. The highest BCUT2D eigenvalue weighted by atomic mass is 79.9. The van der Waals surface area contributed by atoms with E-state index in [0.717, 1.165) is 32.5 Å². The summed E-state index contributed by atoms with van der Waals surface area (Å²) < 4.78 is 3.06. The first-order chi connectivity index (χ1) is 10.2. The molecule has 0 bridgehead atoms. The number of halogens is 1. The average Bonchev–Trinajstić information content (AvgIpc) is 2.88. The molecular formula is C15H13BrN4S. The summed E-state index contributed by atoms with van der Waals surface area (Å²) in [6.45, 7) is 0. The van der Waals surface area contributed by atoms with E-state index < -0.39 is 0 Å². The Morgan fingerprint density at radius 1 is 1.10 bits per heavy atom. The minimum atomic E-state index is 0.785. The van der Waals surface area contributed by atoms with Gasteiger partial charge in [-0.25, -0.2) is 0 Å². The normalized spacial score (nSPS) is 10.8. The van der Waals surface area contributed by atoms with Gasteiger partial charge in [0.1, 0.15) is 0 Å². The molecule has 1 aromatic carbocycles. The van der Waals surface area contributed by atoms with E-state index in [4.69, 9.17) is 0 Å². The Kier molecular flexibility index (Phi) is 4.36. The van der Waals surface area contributed by atoms with Gasteiger partial charge in [0.25, 0.3) is 0 Å². The van der Waals surface area contributed by atoms with Crippen molar-refractivity contribution >= 4 is 27.7 Å². The first-order valence-corrected chi connectivity index (χ1v) is 8.20. The van der Waals surface area contributed by atoms with Crippen LogP contribution in [0.15, 0.2) is 58.3 Å². The van der Waals surface area contributed by atoms with E-state index in [-0.39, 0.29) is 0 Å². The first-order valence-electron chi connectivity index (χ1n) is 6.42. The van der Waals surface area contributed by atoms with Crippen LogP contribution < -0.4 is 0 Å². The monoisotopic (exact) mass is 360 g/mol. The zero-order valence-electron chi connectivity index (χ0n) is 11.4. The molecular weight excluding hydrogens is 348 g/mol. The van der Waals surface area contributed by atoms with Crippen molar-refractivity contribution in [2.24, 2.45) is 7.05 Å². The van der Waals surface area contributed by atoms with Crippen LogP contribution in [0.3, 0.4) is 0 Å². The van der Waals surface area contributed by atoms with Crippen molar-refractivity contribution in [1.82, 2.24) is 19.7 Å². The van der Waals surface area contributed by atoms with Crippen LogP contribution in [0.4, 0.5) is 0 Å². The zero-order chi connectivity index (χ0) is 14.7. The van der Waals surface area contributed by atoms with Crippen molar-refractivity contribution in [2.45, 2.75) is 10.9 Å². The highest BCUT2D eigenvalue weighted by molar-refractivity contribution is 9.10. The molecule has 0 fully saturated rings. The fourth-order valence-electron chi connectivity index (χ4n) is 1.91. The third-order valence-corrected chi connectivity index (χ3v) is 4.60. The predicted molar refractivity (Wildman–Crippen MR) is 87.9 cm³/mol. The lowest BCUT2D eigenvalue weighted by Gasteiger charge is -2.04. The second kappa shape index (κ2) is 6.41. The summed E-state index contributed by atoms with van der Waals surface area (Å²) in [6.07, 6.45) is 1.81. The van der Waals surface area contributed by atoms with Crippen LogP contribution in [0.1, 0.15) is 5.69 Å². The molecule has 4 nitrogen and oxygen atoms in total. The van der Waals surface area contributed by atoms with Crippen LogP contribution in [0.25, 0.3) is 11.4 Å². The molecule has 0 spiro atoms. The number of hydrogen-bond acceptors (Lipinski definition) is 4. The number of thioether (sulfide) groups is 1. The summed E-state index contributed by atoms with van der Waals surface area (Å²) in [5, 5.41) is 9.44. The molecule has 0 saturated carbocycles. The van der Waals surface area contributed by atoms with Gasteiger partial charge in [0.2, 0.25) is 0 Å². The summed E-state index contributed by atoms with van der Waals surface area (Å²) in [5.41, 5.74) is 2.09. The largest absolute Gasteiger partial charge is 0.305 e. The second-order valence-corrected chi connectivity index (χ2v) is 6.34. The molecule has 2 heterocycles. The van der Waals surface area contributed by atoms with Crippen LogP contribution >= 0.6 is 27.7 Å². The summed E-state index contributed by atoms with van der Waals surface area (Å²) in [4.78, 5) is 4.31. The quantitative estimate of drug-likeness (QED) is 0.661. The standard InChI is InChI=1S/C15H13BrN4S/c1-20-14(11-5-7-12(16)8-6-11)18-19-15(20)21-10-13-4-2-3-9-17-13/h2-9H,10H2,1H3. The molecule has 0 aliphatic heterocycles. The van der Waals surface area contributed by atoms with E-state index in [1.54, 1.807) is 18.0 Å². The van der Waals surface area contributed by atoms with Crippen LogP contribution in [0.2, 0.25) is 0 Å². The molecule has 0 saturated heterocycles. The molecule has 0 N–H and O–H groups in total. The summed E-state index contributed by atoms with van der Waals surface area (Å²) >= 11 is 5.07. The number of rotatable bonds is 4. The smallest absolute Gasteiger partial charge is 0.191 e. The lowest BCUT2D eigenvalue weighted by atomic mass is 10.2. The van der Waals surface area contributed by atoms with Crippen molar-refractivity contribution in [3.63, 3.8) is 0 Å². The number of benzene rings is 1. The molecule has 106 valence electrons. The zero-order valence-corrected chi connectivity index (χ0v) is 13.8. The van der Waals surface area contributed by atoms with Crippen LogP contribution in [-0.4, -0.2) is 19.7 Å². The highest BCUT2D eigenvalue weighted by Crippen LogP contribution is 2.25. The van der Waals surface area contributed by atoms with Gasteiger partial charge < -0.3 is 4.57 Å². The summed E-state index contributed by atoms with van der Waals surface area (Å²) in [5.74, 6) is 1.65. The Morgan fingerprint density at radius 3 is 2.62 bits per heavy atom. The van der Waals surface area contributed by atoms with Gasteiger partial charge >= 0.3 is 0 Å². The third-order valence-electron chi connectivity index (χ3n) is 3.01. The first kappa shape index (κ1) is 14.3. The molecule has 0 aliphatic rings. The topological polar surface area (TPSA) is 43.6 Å². The molecule has 3 aromatic rings. The predicted octanol–water partition coefficient (Wildman–Crippen LogP) is 3.93. The van der Waals surface area contributed by atoms with Crippen molar-refractivity contribution in [3.8, 4) is 11.4 Å². The minimum Gasteiger partial charge on any atom is -0.305 e. The van der Waals surface area contributed by atoms with Crippen molar-refractivity contribution in [3.05, 3.63) is 58.8 Å². The Bertz CT molecular complexity index is 725. The molecule has 0 amide bonds. The molecule has 0 aliphatic carbocycles. The Morgan fingerprint density at radius 2 is 1.90 bits per heavy atom. The van der Waals surface area contributed by atoms with Crippen molar-refractivity contribution in [2.75, 3.05) is 0 Å². The SMILES string of the molecule is Cn1c(SCc2ccccn2)nnc1-c1ccc(Br)cc1. The molecule has 0 atom stereocenters. The van der Waals surface area contributed by atoms with Crippen LogP contribution in [-0.2, 0) is 12.8 Å². The van der Waals surface area contributed by atoms with Gasteiger partial charge in [-0.05, 0) is 24.3 Å². The molecule has 6 heteroatoms. The number of hydrogen-bond donors (Lipinski definition) is 0. The van der Waals surface area contributed by atoms with E-state index in [1.165, 1.54) is 0 Å². The van der Waals surface area contributed by atoms with Gasteiger partial charge in [0.05, 0.1) is 5.69 Å². The number of nitrogens with zero attached hydrogens (tertiary/aromatic N) is 4. The van der Waals surface area contributed by atoms with E-state index in [1.807, 2.05) is 54.1 Å². The Hall–Kier alpha value is -1.66. The fourth-order valence-corrected chi connectivity index (χ4v) is 3.00. The van der Waals surface area contributed by atoms with E-state index >= 15 is 0 Å². The van der Waals surface area contributed by atoms with Gasteiger partial charge in [0.15, 0.2) is 11.0 Å². The average molecular weight is 361 g/mol. The fraction of sp³-hybridized carbons (Fsp3) is 0.133. The van der Waals surface area contributed by atoms with Gasteiger partial charge in [-0.2, -0.15) is 0 Å². The lowest BCUT2D eigenvalue weighted by Crippen LogP contribution is -1.95.